The molecule has 0 aliphatic carbocycles. The zero-order chi connectivity index (χ0) is 17.3. The number of H-pyrrole nitrogens is 1. The fraction of sp³-hybridized carbons (Fsp3) is 0.286. The predicted molar refractivity (Wildman–Crippen MR) is 101 cm³/mol. The molecule has 0 saturated heterocycles. The number of benzene rings is 2. The molecule has 1 heterocycles. The van der Waals surface area contributed by atoms with Crippen molar-refractivity contribution >= 4 is 22.5 Å². The standard InChI is InChI=1S/C21H24N2O/c1-13(2)16-10-7-8-14(3)21(16)23-20(24)12-18-15(4)22-19-11-6-5-9-17(18)19/h5-11,13,22H,12H2,1-4H3,(H,23,24). The highest BCUT2D eigenvalue weighted by molar-refractivity contribution is 5.97. The third-order valence-electron chi connectivity index (χ3n) is 4.56. The lowest BCUT2D eigenvalue weighted by atomic mass is 9.98. The second-order valence-electron chi connectivity index (χ2n) is 6.69. The summed E-state index contributed by atoms with van der Waals surface area (Å²) in [5, 5.41) is 4.26. The lowest BCUT2D eigenvalue weighted by Crippen LogP contribution is -2.17. The fourth-order valence-electron chi connectivity index (χ4n) is 3.25. The molecular weight excluding hydrogens is 296 g/mol. The predicted octanol–water partition coefficient (Wildman–Crippen LogP) is 5.09. The first-order valence-electron chi connectivity index (χ1n) is 8.43. The highest BCUT2D eigenvalue weighted by Crippen LogP contribution is 2.28. The molecule has 0 saturated carbocycles. The van der Waals surface area contributed by atoms with Crippen molar-refractivity contribution in [3.8, 4) is 0 Å². The van der Waals surface area contributed by atoms with Gasteiger partial charge < -0.3 is 10.3 Å². The van der Waals surface area contributed by atoms with E-state index in [9.17, 15) is 4.79 Å². The molecule has 3 nitrogen and oxygen atoms in total. The molecule has 0 bridgehead atoms. The third-order valence-corrected chi connectivity index (χ3v) is 4.56. The first-order valence-corrected chi connectivity index (χ1v) is 8.43. The van der Waals surface area contributed by atoms with Gasteiger partial charge in [-0.15, -0.1) is 0 Å². The van der Waals surface area contributed by atoms with Crippen LogP contribution in [0.15, 0.2) is 42.5 Å². The van der Waals surface area contributed by atoms with E-state index < -0.39 is 0 Å². The minimum atomic E-state index is 0.0269. The van der Waals surface area contributed by atoms with Gasteiger partial charge in [0.2, 0.25) is 5.91 Å². The summed E-state index contributed by atoms with van der Waals surface area (Å²) >= 11 is 0. The van der Waals surface area contributed by atoms with Gasteiger partial charge in [-0.2, -0.15) is 0 Å². The second-order valence-corrected chi connectivity index (χ2v) is 6.69. The van der Waals surface area contributed by atoms with Gasteiger partial charge in [-0.05, 0) is 42.5 Å². The number of carbonyl (C=O) groups excluding carboxylic acids is 1. The van der Waals surface area contributed by atoms with Gasteiger partial charge in [-0.25, -0.2) is 0 Å². The molecule has 0 spiro atoms. The molecule has 2 aromatic carbocycles. The van der Waals surface area contributed by atoms with Crippen LogP contribution in [0.5, 0.6) is 0 Å². The van der Waals surface area contributed by atoms with Crippen LogP contribution in [0.3, 0.4) is 0 Å². The summed E-state index contributed by atoms with van der Waals surface area (Å²) in [5.41, 5.74) is 6.44. The molecule has 1 aromatic heterocycles. The normalized spacial score (nSPS) is 11.2. The number of aromatic nitrogens is 1. The Bertz CT molecular complexity index is 890. The minimum absolute atomic E-state index is 0.0269. The lowest BCUT2D eigenvalue weighted by Gasteiger charge is -2.16. The topological polar surface area (TPSA) is 44.9 Å². The first kappa shape index (κ1) is 16.3. The van der Waals surface area contributed by atoms with E-state index in [0.29, 0.717) is 12.3 Å². The molecule has 3 heteroatoms. The largest absolute Gasteiger partial charge is 0.358 e. The number of rotatable bonds is 4. The number of para-hydroxylation sites is 2. The second kappa shape index (κ2) is 6.52. The van der Waals surface area contributed by atoms with Crippen LogP contribution in [-0.2, 0) is 11.2 Å². The Morgan fingerprint density at radius 1 is 1.08 bits per heavy atom. The number of anilines is 1. The first-order chi connectivity index (χ1) is 11.5. The smallest absolute Gasteiger partial charge is 0.228 e. The monoisotopic (exact) mass is 320 g/mol. The number of hydrogen-bond donors (Lipinski definition) is 2. The van der Waals surface area contributed by atoms with Crippen LogP contribution in [0.1, 0.15) is 42.1 Å². The fourth-order valence-corrected chi connectivity index (χ4v) is 3.25. The maximum atomic E-state index is 12.7. The van der Waals surface area contributed by atoms with Gasteiger partial charge in [0, 0.05) is 22.3 Å². The average molecular weight is 320 g/mol. The van der Waals surface area contributed by atoms with Crippen molar-refractivity contribution in [1.29, 1.82) is 0 Å². The molecule has 24 heavy (non-hydrogen) atoms. The highest BCUT2D eigenvalue weighted by Gasteiger charge is 2.15. The molecule has 0 atom stereocenters. The van der Waals surface area contributed by atoms with E-state index in [4.69, 9.17) is 0 Å². The molecule has 3 rings (SSSR count). The number of aromatic amines is 1. The molecule has 1 amide bonds. The zero-order valence-corrected chi connectivity index (χ0v) is 14.7. The van der Waals surface area contributed by atoms with Crippen molar-refractivity contribution in [2.75, 3.05) is 5.32 Å². The summed E-state index contributed by atoms with van der Waals surface area (Å²) < 4.78 is 0. The average Bonchev–Trinajstić information content (AvgIpc) is 2.85. The Balaban J connectivity index is 1.88. The maximum absolute atomic E-state index is 12.7. The Hall–Kier alpha value is -2.55. The number of carbonyl (C=O) groups is 1. The van der Waals surface area contributed by atoms with E-state index in [1.807, 2.05) is 44.2 Å². The minimum Gasteiger partial charge on any atom is -0.358 e. The van der Waals surface area contributed by atoms with Crippen LogP contribution in [0.4, 0.5) is 5.69 Å². The Morgan fingerprint density at radius 2 is 1.83 bits per heavy atom. The summed E-state index contributed by atoms with van der Waals surface area (Å²) in [7, 11) is 0. The Kier molecular flexibility index (Phi) is 4.43. The van der Waals surface area contributed by atoms with Crippen molar-refractivity contribution in [3.05, 3.63) is 64.8 Å². The van der Waals surface area contributed by atoms with Gasteiger partial charge >= 0.3 is 0 Å². The van der Waals surface area contributed by atoms with E-state index in [2.05, 4.69) is 36.3 Å². The van der Waals surface area contributed by atoms with Crippen LogP contribution < -0.4 is 5.32 Å². The number of nitrogens with one attached hydrogen (secondary N) is 2. The molecule has 0 radical (unpaired) electrons. The maximum Gasteiger partial charge on any atom is 0.228 e. The number of aryl methyl sites for hydroxylation is 2. The van der Waals surface area contributed by atoms with E-state index in [1.54, 1.807) is 0 Å². The van der Waals surface area contributed by atoms with E-state index in [1.165, 1.54) is 5.56 Å². The van der Waals surface area contributed by atoms with Crippen molar-refractivity contribution in [2.45, 2.75) is 40.0 Å². The number of hydrogen-bond acceptors (Lipinski definition) is 1. The summed E-state index contributed by atoms with van der Waals surface area (Å²) in [5.74, 6) is 0.397. The van der Waals surface area contributed by atoms with Gasteiger partial charge in [0.15, 0.2) is 0 Å². The van der Waals surface area contributed by atoms with Gasteiger partial charge in [-0.3, -0.25) is 4.79 Å². The molecule has 2 N–H and O–H groups in total. The molecule has 0 fully saturated rings. The molecule has 0 unspecified atom stereocenters. The Morgan fingerprint density at radius 3 is 2.58 bits per heavy atom. The van der Waals surface area contributed by atoms with E-state index in [-0.39, 0.29) is 5.91 Å². The van der Waals surface area contributed by atoms with Gasteiger partial charge in [0.05, 0.1) is 6.42 Å². The van der Waals surface area contributed by atoms with E-state index in [0.717, 1.165) is 33.4 Å². The lowest BCUT2D eigenvalue weighted by molar-refractivity contribution is -0.115. The van der Waals surface area contributed by atoms with Crippen LogP contribution >= 0.6 is 0 Å². The number of fused-ring (bicyclic) bond motifs is 1. The van der Waals surface area contributed by atoms with E-state index >= 15 is 0 Å². The van der Waals surface area contributed by atoms with Crippen molar-refractivity contribution < 1.29 is 4.79 Å². The summed E-state index contributed by atoms with van der Waals surface area (Å²) in [4.78, 5) is 16.0. The quantitative estimate of drug-likeness (QED) is 0.691. The van der Waals surface area contributed by atoms with Crippen molar-refractivity contribution in [3.63, 3.8) is 0 Å². The van der Waals surface area contributed by atoms with Crippen LogP contribution in [0.2, 0.25) is 0 Å². The van der Waals surface area contributed by atoms with Gasteiger partial charge in [0.1, 0.15) is 0 Å². The summed E-state index contributed by atoms with van der Waals surface area (Å²) in [6.07, 6.45) is 0.377. The highest BCUT2D eigenvalue weighted by atomic mass is 16.1. The molecule has 0 aliphatic heterocycles. The van der Waals surface area contributed by atoms with Crippen molar-refractivity contribution in [2.24, 2.45) is 0 Å². The van der Waals surface area contributed by atoms with Crippen LogP contribution in [-0.4, -0.2) is 10.9 Å². The Labute approximate surface area is 143 Å². The summed E-state index contributed by atoms with van der Waals surface area (Å²) in [6, 6.07) is 14.3. The molecule has 0 aliphatic rings. The molecule has 3 aromatic rings. The van der Waals surface area contributed by atoms with Gasteiger partial charge in [-0.1, -0.05) is 50.2 Å². The molecule has 124 valence electrons. The molecular formula is C21H24N2O. The van der Waals surface area contributed by atoms with Crippen LogP contribution in [0, 0.1) is 13.8 Å². The third kappa shape index (κ3) is 3.07. The SMILES string of the molecule is Cc1cccc(C(C)C)c1NC(=O)Cc1c(C)[nH]c2ccccc12. The summed E-state index contributed by atoms with van der Waals surface area (Å²) in [6.45, 7) is 8.36. The number of amides is 1. The zero-order valence-electron chi connectivity index (χ0n) is 14.7. The van der Waals surface area contributed by atoms with Crippen LogP contribution in [0.25, 0.3) is 10.9 Å². The van der Waals surface area contributed by atoms with Gasteiger partial charge in [0.25, 0.3) is 0 Å². The van der Waals surface area contributed by atoms with Crippen molar-refractivity contribution in [1.82, 2.24) is 4.98 Å².